The van der Waals surface area contributed by atoms with Crippen molar-refractivity contribution in [3.05, 3.63) is 0 Å². The average Bonchev–Trinajstić information content (AvgIpc) is 2.20. The molecule has 0 spiro atoms. The van der Waals surface area contributed by atoms with Crippen LogP contribution in [-0.4, -0.2) is 47.9 Å². The lowest BCUT2D eigenvalue weighted by Crippen LogP contribution is -2.46. The van der Waals surface area contributed by atoms with Gasteiger partial charge < -0.3 is 25.8 Å². The molecule has 0 aromatic heterocycles. The Hall–Kier alpha value is -1.99. The van der Waals surface area contributed by atoms with E-state index in [-0.39, 0.29) is 13.1 Å². The first-order chi connectivity index (χ1) is 8.61. The summed E-state index contributed by atoms with van der Waals surface area (Å²) in [5.74, 6) is -0.464. The number of ether oxygens (including phenoxy) is 1. The minimum Gasteiger partial charge on any atom is -0.465 e. The topological polar surface area (TPSA) is 117 Å². The maximum atomic E-state index is 11.4. The van der Waals surface area contributed by atoms with Crippen LogP contribution in [-0.2, 0) is 9.53 Å². The lowest BCUT2D eigenvalue weighted by Gasteiger charge is -2.19. The lowest BCUT2D eigenvalue weighted by molar-refractivity contribution is -0.122. The molecule has 4 N–H and O–H groups in total. The standard InChI is InChI=1S/C11H21N3O5/c1-7(14-9(16)17)8(15)12-5-6-13-10(18)19-11(2,3)4/h7,14H,5-6H2,1-4H3,(H,12,15)(H,13,18)(H,16,17)/t7-/m0/s1. The summed E-state index contributed by atoms with van der Waals surface area (Å²) in [6.45, 7) is 7.03. The number of carboxylic acid groups (broad SMARTS) is 1. The van der Waals surface area contributed by atoms with Crippen molar-refractivity contribution >= 4 is 18.1 Å². The summed E-state index contributed by atoms with van der Waals surface area (Å²) in [6.07, 6.45) is -1.84. The van der Waals surface area contributed by atoms with Gasteiger partial charge in [-0.2, -0.15) is 0 Å². The second-order valence-electron chi connectivity index (χ2n) is 4.89. The quantitative estimate of drug-likeness (QED) is 0.538. The van der Waals surface area contributed by atoms with Crippen LogP contribution in [0.5, 0.6) is 0 Å². The highest BCUT2D eigenvalue weighted by molar-refractivity contribution is 5.84. The third kappa shape index (κ3) is 9.69. The van der Waals surface area contributed by atoms with Gasteiger partial charge in [0.1, 0.15) is 11.6 Å². The first-order valence-electron chi connectivity index (χ1n) is 5.86. The van der Waals surface area contributed by atoms with Crippen LogP contribution >= 0.6 is 0 Å². The Bertz CT molecular complexity index is 338. The molecule has 0 saturated carbocycles. The highest BCUT2D eigenvalue weighted by Gasteiger charge is 2.16. The van der Waals surface area contributed by atoms with E-state index < -0.39 is 29.7 Å². The normalized spacial score (nSPS) is 12.2. The van der Waals surface area contributed by atoms with Crippen LogP contribution in [0, 0.1) is 0 Å². The maximum Gasteiger partial charge on any atom is 0.407 e. The van der Waals surface area contributed by atoms with Gasteiger partial charge in [0.2, 0.25) is 5.91 Å². The summed E-state index contributed by atoms with van der Waals surface area (Å²) in [4.78, 5) is 32.9. The Morgan fingerprint density at radius 1 is 1.16 bits per heavy atom. The summed E-state index contributed by atoms with van der Waals surface area (Å²) in [5, 5.41) is 15.4. The molecule has 0 saturated heterocycles. The number of hydrogen-bond donors (Lipinski definition) is 4. The van der Waals surface area contributed by atoms with E-state index in [0.29, 0.717) is 0 Å². The molecule has 0 aromatic carbocycles. The Morgan fingerprint density at radius 3 is 2.16 bits per heavy atom. The van der Waals surface area contributed by atoms with E-state index in [1.807, 2.05) is 5.32 Å². The number of carbonyl (C=O) groups excluding carboxylic acids is 2. The van der Waals surface area contributed by atoms with Crippen LogP contribution in [0.15, 0.2) is 0 Å². The molecule has 0 aliphatic rings. The number of hydrogen-bond acceptors (Lipinski definition) is 4. The van der Waals surface area contributed by atoms with Crippen molar-refractivity contribution in [2.24, 2.45) is 0 Å². The molecule has 3 amide bonds. The zero-order chi connectivity index (χ0) is 15.1. The second-order valence-corrected chi connectivity index (χ2v) is 4.89. The summed E-state index contributed by atoms with van der Waals surface area (Å²) < 4.78 is 4.99. The number of alkyl carbamates (subject to hydrolysis) is 1. The number of rotatable bonds is 5. The molecule has 19 heavy (non-hydrogen) atoms. The van der Waals surface area contributed by atoms with E-state index in [1.165, 1.54) is 6.92 Å². The summed E-state index contributed by atoms with van der Waals surface area (Å²) in [6, 6.07) is -0.848. The van der Waals surface area contributed by atoms with Gasteiger partial charge in [-0.25, -0.2) is 9.59 Å². The smallest absolute Gasteiger partial charge is 0.407 e. The molecule has 0 bridgehead atoms. The van der Waals surface area contributed by atoms with Gasteiger partial charge in [0.15, 0.2) is 0 Å². The fourth-order valence-electron chi connectivity index (χ4n) is 1.07. The third-order valence-electron chi connectivity index (χ3n) is 1.83. The molecule has 0 rings (SSSR count). The highest BCUT2D eigenvalue weighted by Crippen LogP contribution is 2.05. The van der Waals surface area contributed by atoms with Gasteiger partial charge in [0.05, 0.1) is 0 Å². The van der Waals surface area contributed by atoms with Crippen molar-refractivity contribution in [2.45, 2.75) is 39.3 Å². The van der Waals surface area contributed by atoms with Crippen molar-refractivity contribution in [3.63, 3.8) is 0 Å². The van der Waals surface area contributed by atoms with E-state index in [9.17, 15) is 14.4 Å². The maximum absolute atomic E-state index is 11.4. The van der Waals surface area contributed by atoms with Crippen LogP contribution < -0.4 is 16.0 Å². The molecule has 0 aliphatic heterocycles. The fourth-order valence-corrected chi connectivity index (χ4v) is 1.07. The lowest BCUT2D eigenvalue weighted by atomic mass is 10.2. The molecule has 0 aromatic rings. The molecule has 8 heteroatoms. The van der Waals surface area contributed by atoms with Gasteiger partial charge in [-0.3, -0.25) is 4.79 Å². The molecule has 0 radical (unpaired) electrons. The molecular weight excluding hydrogens is 254 g/mol. The molecule has 0 aliphatic carbocycles. The molecular formula is C11H21N3O5. The summed E-state index contributed by atoms with van der Waals surface area (Å²) in [7, 11) is 0. The van der Waals surface area contributed by atoms with Gasteiger partial charge in [0.25, 0.3) is 0 Å². The van der Waals surface area contributed by atoms with Gasteiger partial charge in [-0.05, 0) is 27.7 Å². The van der Waals surface area contributed by atoms with Gasteiger partial charge in [-0.1, -0.05) is 0 Å². The Balaban J connectivity index is 3.77. The van der Waals surface area contributed by atoms with Crippen molar-refractivity contribution in [2.75, 3.05) is 13.1 Å². The van der Waals surface area contributed by atoms with Crippen LogP contribution in [0.2, 0.25) is 0 Å². The van der Waals surface area contributed by atoms with E-state index in [4.69, 9.17) is 9.84 Å². The zero-order valence-corrected chi connectivity index (χ0v) is 11.6. The van der Waals surface area contributed by atoms with Crippen LogP contribution in [0.4, 0.5) is 9.59 Å². The zero-order valence-electron chi connectivity index (χ0n) is 11.6. The van der Waals surface area contributed by atoms with E-state index in [2.05, 4.69) is 10.6 Å². The largest absolute Gasteiger partial charge is 0.465 e. The van der Waals surface area contributed by atoms with Crippen molar-refractivity contribution < 1.29 is 24.2 Å². The highest BCUT2D eigenvalue weighted by atomic mass is 16.6. The SMILES string of the molecule is C[C@H](NC(=O)O)C(=O)NCCNC(=O)OC(C)(C)C. The molecule has 0 fully saturated rings. The predicted octanol–water partition coefficient (Wildman–Crippen LogP) is 0.283. The van der Waals surface area contributed by atoms with Crippen LogP contribution in [0.3, 0.4) is 0 Å². The molecule has 0 heterocycles. The van der Waals surface area contributed by atoms with Gasteiger partial charge >= 0.3 is 12.2 Å². The summed E-state index contributed by atoms with van der Waals surface area (Å²) >= 11 is 0. The third-order valence-corrected chi connectivity index (χ3v) is 1.83. The van der Waals surface area contributed by atoms with Crippen LogP contribution in [0.25, 0.3) is 0 Å². The van der Waals surface area contributed by atoms with Crippen molar-refractivity contribution in [1.82, 2.24) is 16.0 Å². The van der Waals surface area contributed by atoms with Crippen molar-refractivity contribution in [3.8, 4) is 0 Å². The molecule has 8 nitrogen and oxygen atoms in total. The average molecular weight is 275 g/mol. The van der Waals surface area contributed by atoms with Crippen LogP contribution in [0.1, 0.15) is 27.7 Å². The Labute approximate surface area is 111 Å². The minimum absolute atomic E-state index is 0.184. The fraction of sp³-hybridized carbons (Fsp3) is 0.727. The summed E-state index contributed by atoms with van der Waals surface area (Å²) in [5.41, 5.74) is -0.576. The predicted molar refractivity (Wildman–Crippen MR) is 67.9 cm³/mol. The number of nitrogens with one attached hydrogen (secondary N) is 3. The number of amides is 3. The molecule has 110 valence electrons. The van der Waals surface area contributed by atoms with E-state index in [0.717, 1.165) is 0 Å². The van der Waals surface area contributed by atoms with Gasteiger partial charge in [0, 0.05) is 13.1 Å². The second kappa shape index (κ2) is 7.45. The molecule has 1 atom stereocenters. The Morgan fingerprint density at radius 2 is 1.68 bits per heavy atom. The number of carbonyl (C=O) groups is 3. The van der Waals surface area contributed by atoms with Crippen molar-refractivity contribution in [1.29, 1.82) is 0 Å². The van der Waals surface area contributed by atoms with Gasteiger partial charge in [-0.15, -0.1) is 0 Å². The van der Waals surface area contributed by atoms with E-state index in [1.54, 1.807) is 20.8 Å². The monoisotopic (exact) mass is 275 g/mol. The first-order valence-corrected chi connectivity index (χ1v) is 5.86. The molecule has 0 unspecified atom stereocenters. The van der Waals surface area contributed by atoms with E-state index >= 15 is 0 Å². The minimum atomic E-state index is -1.27. The first kappa shape index (κ1) is 17.0. The Kier molecular flexibility index (Phi) is 6.67.